The van der Waals surface area contributed by atoms with Crippen molar-refractivity contribution in [3.8, 4) is 17.2 Å². The number of hydrogen-bond donors (Lipinski definition) is 0. The Morgan fingerprint density at radius 3 is 2.46 bits per heavy atom. The summed E-state index contributed by atoms with van der Waals surface area (Å²) >= 11 is 0. The number of hydrogen-bond acceptors (Lipinski definition) is 5. The van der Waals surface area contributed by atoms with Gasteiger partial charge in [0.05, 0.1) is 5.39 Å². The molecule has 8 heteroatoms. The number of carbonyl (C=O) groups is 1. The van der Waals surface area contributed by atoms with E-state index in [9.17, 15) is 22.8 Å². The Labute approximate surface area is 220 Å². The molecule has 1 heterocycles. The highest BCUT2D eigenvalue weighted by Crippen LogP contribution is 2.39. The summed E-state index contributed by atoms with van der Waals surface area (Å²) in [4.78, 5) is 25.6. The Morgan fingerprint density at radius 2 is 1.67 bits per heavy atom. The molecule has 1 aromatic heterocycles. The molecular weight excluding hydrogens is 509 g/mol. The van der Waals surface area contributed by atoms with E-state index in [0.29, 0.717) is 5.56 Å². The molecule has 0 bridgehead atoms. The van der Waals surface area contributed by atoms with Gasteiger partial charge in [0.15, 0.2) is 0 Å². The van der Waals surface area contributed by atoms with Gasteiger partial charge in [-0.25, -0.2) is 4.79 Å². The van der Waals surface area contributed by atoms with E-state index in [1.165, 1.54) is 24.3 Å². The van der Waals surface area contributed by atoms with E-state index in [1.807, 2.05) is 42.5 Å². The van der Waals surface area contributed by atoms with Crippen LogP contribution in [0.25, 0.3) is 27.8 Å². The number of aryl methyl sites for hydroxylation is 2. The molecule has 0 radical (unpaired) electrons. The average Bonchev–Trinajstić information content (AvgIpc) is 2.90. The summed E-state index contributed by atoms with van der Waals surface area (Å²) in [5.41, 5.74) is 0.685. The molecule has 0 aliphatic carbocycles. The van der Waals surface area contributed by atoms with Crippen molar-refractivity contribution in [1.82, 2.24) is 0 Å². The first-order valence-electron chi connectivity index (χ1n) is 11.9. The molecule has 0 saturated heterocycles. The monoisotopic (exact) mass is 530 g/mol. The maximum Gasteiger partial charge on any atom is 0.453 e. The van der Waals surface area contributed by atoms with Crippen LogP contribution in [0.3, 0.4) is 0 Å². The Morgan fingerprint density at radius 1 is 0.897 bits per heavy atom. The van der Waals surface area contributed by atoms with Crippen molar-refractivity contribution in [1.29, 1.82) is 0 Å². The average molecular weight is 530 g/mol. The van der Waals surface area contributed by atoms with E-state index < -0.39 is 34.7 Å². The highest BCUT2D eigenvalue weighted by atomic mass is 19.4. The van der Waals surface area contributed by atoms with E-state index in [0.717, 1.165) is 28.0 Å². The molecule has 0 aliphatic rings. The summed E-state index contributed by atoms with van der Waals surface area (Å²) in [6, 6.07) is 21.9. The third-order valence-corrected chi connectivity index (χ3v) is 6.08. The maximum absolute atomic E-state index is 13.9. The maximum atomic E-state index is 13.9. The van der Waals surface area contributed by atoms with Gasteiger partial charge in [-0.15, -0.1) is 0 Å². The van der Waals surface area contributed by atoms with E-state index >= 15 is 0 Å². The lowest BCUT2D eigenvalue weighted by atomic mass is 10.0. The van der Waals surface area contributed by atoms with Crippen LogP contribution in [-0.2, 0) is 11.0 Å². The van der Waals surface area contributed by atoms with Crippen LogP contribution in [0.1, 0.15) is 22.5 Å². The van der Waals surface area contributed by atoms with Crippen LogP contribution in [0.4, 0.5) is 13.2 Å². The van der Waals surface area contributed by atoms with Crippen molar-refractivity contribution < 1.29 is 31.9 Å². The smallest absolute Gasteiger partial charge is 0.449 e. The first-order valence-corrected chi connectivity index (χ1v) is 11.9. The SMILES string of the molecule is Cc1ccc(C)c(Oc2c(C(F)(F)F)oc3cc(OC(=O)/C=C/c4cccc5ccccc45)ccc3c2=O)c1. The molecular formula is C31H21F3O5. The minimum absolute atomic E-state index is 0.0884. The lowest BCUT2D eigenvalue weighted by Crippen LogP contribution is -2.16. The van der Waals surface area contributed by atoms with E-state index in [1.54, 1.807) is 32.1 Å². The van der Waals surface area contributed by atoms with Gasteiger partial charge in [0, 0.05) is 12.1 Å². The predicted molar refractivity (Wildman–Crippen MR) is 142 cm³/mol. The number of benzene rings is 4. The molecule has 4 aromatic carbocycles. The van der Waals surface area contributed by atoms with Crippen LogP contribution in [0.15, 0.2) is 94.2 Å². The van der Waals surface area contributed by atoms with Gasteiger partial charge in [-0.05, 0) is 65.6 Å². The van der Waals surface area contributed by atoms with Gasteiger partial charge in [0.25, 0.3) is 5.76 Å². The number of carbonyl (C=O) groups excluding carboxylic acids is 1. The molecule has 0 atom stereocenters. The second-order valence-corrected chi connectivity index (χ2v) is 8.94. The van der Waals surface area contributed by atoms with E-state index in [-0.39, 0.29) is 16.9 Å². The highest BCUT2D eigenvalue weighted by molar-refractivity contribution is 5.95. The van der Waals surface area contributed by atoms with Gasteiger partial charge < -0.3 is 13.9 Å². The zero-order chi connectivity index (χ0) is 27.7. The molecule has 39 heavy (non-hydrogen) atoms. The minimum atomic E-state index is -5.02. The number of esters is 1. The molecule has 0 aliphatic heterocycles. The molecule has 0 N–H and O–H groups in total. The van der Waals surface area contributed by atoms with Gasteiger partial charge >= 0.3 is 12.1 Å². The van der Waals surface area contributed by atoms with Crippen molar-refractivity contribution in [2.24, 2.45) is 0 Å². The Hall–Kier alpha value is -4.85. The molecule has 5 aromatic rings. The number of halogens is 3. The standard InChI is InChI=1S/C31H21F3O5/c1-18-10-11-19(2)25(16-18)38-29-28(36)24-14-13-22(17-26(24)39-30(29)31(32,33)34)37-27(35)15-12-21-8-5-7-20-6-3-4-9-23(20)21/h3-17H,1-2H3/b15-12+. The van der Waals surface area contributed by atoms with E-state index in [4.69, 9.17) is 13.9 Å². The number of fused-ring (bicyclic) bond motifs is 2. The Bertz CT molecular complexity index is 1810. The van der Waals surface area contributed by atoms with Crippen LogP contribution in [-0.4, -0.2) is 5.97 Å². The van der Waals surface area contributed by atoms with Crippen LogP contribution >= 0.6 is 0 Å². The van der Waals surface area contributed by atoms with E-state index in [2.05, 4.69) is 0 Å². The Kier molecular flexibility index (Phi) is 6.70. The highest BCUT2D eigenvalue weighted by Gasteiger charge is 2.40. The first-order chi connectivity index (χ1) is 18.6. The molecule has 0 saturated carbocycles. The molecule has 0 spiro atoms. The molecule has 5 nitrogen and oxygen atoms in total. The third kappa shape index (κ3) is 5.40. The normalized spacial score (nSPS) is 11.8. The molecule has 0 amide bonds. The van der Waals surface area contributed by atoms with Crippen molar-refractivity contribution in [2.75, 3.05) is 0 Å². The summed E-state index contributed by atoms with van der Waals surface area (Å²) in [7, 11) is 0. The minimum Gasteiger partial charge on any atom is -0.449 e. The molecule has 0 unspecified atom stereocenters. The van der Waals surface area contributed by atoms with Gasteiger partial charge in [0.1, 0.15) is 17.1 Å². The van der Waals surface area contributed by atoms with Crippen LogP contribution in [0.2, 0.25) is 0 Å². The molecule has 196 valence electrons. The molecule has 0 fully saturated rings. The second-order valence-electron chi connectivity index (χ2n) is 8.94. The lowest BCUT2D eigenvalue weighted by Gasteiger charge is -2.15. The zero-order valence-corrected chi connectivity index (χ0v) is 20.8. The van der Waals surface area contributed by atoms with Crippen molar-refractivity contribution in [3.05, 3.63) is 118 Å². The zero-order valence-electron chi connectivity index (χ0n) is 20.8. The third-order valence-electron chi connectivity index (χ3n) is 6.08. The van der Waals surface area contributed by atoms with Crippen molar-refractivity contribution >= 4 is 33.8 Å². The quantitative estimate of drug-likeness (QED) is 0.131. The lowest BCUT2D eigenvalue weighted by molar-refractivity contribution is -0.154. The summed E-state index contributed by atoms with van der Waals surface area (Å²) in [5, 5.41) is 1.78. The topological polar surface area (TPSA) is 65.7 Å². The van der Waals surface area contributed by atoms with Gasteiger partial charge in [-0.2, -0.15) is 13.2 Å². The summed E-state index contributed by atoms with van der Waals surface area (Å²) < 4.78 is 57.6. The van der Waals surface area contributed by atoms with Crippen molar-refractivity contribution in [2.45, 2.75) is 20.0 Å². The fraction of sp³-hybridized carbons (Fsp3) is 0.0968. The summed E-state index contributed by atoms with van der Waals surface area (Å²) in [6.07, 6.45) is -2.22. The summed E-state index contributed by atoms with van der Waals surface area (Å²) in [5.74, 6) is -3.28. The number of ether oxygens (including phenoxy) is 2. The largest absolute Gasteiger partial charge is 0.453 e. The fourth-order valence-corrected chi connectivity index (χ4v) is 4.13. The molecule has 5 rings (SSSR count). The number of rotatable bonds is 5. The first kappa shape index (κ1) is 25.8. The van der Waals surface area contributed by atoms with Gasteiger partial charge in [0.2, 0.25) is 11.2 Å². The predicted octanol–water partition coefficient (Wildman–Crippen LogP) is 7.99. The van der Waals surface area contributed by atoms with Crippen LogP contribution < -0.4 is 14.9 Å². The van der Waals surface area contributed by atoms with Gasteiger partial charge in [-0.3, -0.25) is 4.79 Å². The Balaban J connectivity index is 1.47. The van der Waals surface area contributed by atoms with Crippen LogP contribution in [0.5, 0.6) is 17.2 Å². The number of alkyl halides is 3. The fourth-order valence-electron chi connectivity index (χ4n) is 4.13. The van der Waals surface area contributed by atoms with Crippen LogP contribution in [0, 0.1) is 13.8 Å². The second kappa shape index (κ2) is 10.1. The van der Waals surface area contributed by atoms with Gasteiger partial charge in [-0.1, -0.05) is 54.6 Å². The summed E-state index contributed by atoms with van der Waals surface area (Å²) in [6.45, 7) is 3.40. The van der Waals surface area contributed by atoms with Crippen molar-refractivity contribution in [3.63, 3.8) is 0 Å².